The first-order chi connectivity index (χ1) is 7.65. The summed E-state index contributed by atoms with van der Waals surface area (Å²) in [6, 6.07) is 6.64. The van der Waals surface area contributed by atoms with E-state index in [1.165, 1.54) is 0 Å². The van der Waals surface area contributed by atoms with Gasteiger partial charge in [-0.25, -0.2) is 0 Å². The van der Waals surface area contributed by atoms with E-state index in [1.807, 2.05) is 12.1 Å². The van der Waals surface area contributed by atoms with Crippen LogP contribution in [0.5, 0.6) is 5.75 Å². The Morgan fingerprint density at radius 3 is 2.62 bits per heavy atom. The van der Waals surface area contributed by atoms with Crippen molar-refractivity contribution in [3.05, 3.63) is 41.5 Å². The molecule has 5 nitrogen and oxygen atoms in total. The zero-order chi connectivity index (χ0) is 11.5. The Labute approximate surface area is 92.9 Å². The molecule has 0 saturated carbocycles. The van der Waals surface area contributed by atoms with E-state index in [0.717, 1.165) is 5.56 Å². The minimum Gasteiger partial charge on any atom is -0.508 e. The van der Waals surface area contributed by atoms with Gasteiger partial charge in [-0.15, -0.1) is 0 Å². The summed E-state index contributed by atoms with van der Waals surface area (Å²) < 4.78 is 5.06. The second kappa shape index (κ2) is 4.32. The first-order valence-corrected chi connectivity index (χ1v) is 5.01. The highest BCUT2D eigenvalue weighted by Gasteiger charge is 2.10. The molecule has 1 heterocycles. The van der Waals surface area contributed by atoms with E-state index in [4.69, 9.17) is 15.4 Å². The molecule has 3 N–H and O–H groups in total. The van der Waals surface area contributed by atoms with Crippen LogP contribution in [0.2, 0.25) is 0 Å². The number of nitrogens with two attached hydrogens (primary N) is 1. The molecule has 0 radical (unpaired) electrons. The summed E-state index contributed by atoms with van der Waals surface area (Å²) in [4.78, 5) is 4.16. The summed E-state index contributed by atoms with van der Waals surface area (Å²) in [5.41, 5.74) is 6.62. The van der Waals surface area contributed by atoms with Gasteiger partial charge in [0.2, 0.25) is 5.89 Å². The number of nitrogens with zero attached hydrogens (tertiary/aromatic N) is 2. The molecule has 16 heavy (non-hydrogen) atoms. The van der Waals surface area contributed by atoms with Crippen LogP contribution in [0.3, 0.4) is 0 Å². The maximum atomic E-state index is 9.13. The van der Waals surface area contributed by atoms with Crippen molar-refractivity contribution in [1.82, 2.24) is 10.1 Å². The molecule has 1 unspecified atom stereocenters. The number of phenolic OH excluding ortho intramolecular Hbond substituents is 1. The highest BCUT2D eigenvalue weighted by molar-refractivity contribution is 5.27. The van der Waals surface area contributed by atoms with E-state index in [-0.39, 0.29) is 11.8 Å². The van der Waals surface area contributed by atoms with Crippen LogP contribution < -0.4 is 5.73 Å². The normalized spacial score (nSPS) is 12.6. The molecule has 1 aromatic heterocycles. The van der Waals surface area contributed by atoms with E-state index in [9.17, 15) is 0 Å². The molecule has 84 valence electrons. The van der Waals surface area contributed by atoms with Crippen LogP contribution in [0.4, 0.5) is 0 Å². The number of aromatic nitrogens is 2. The molecule has 2 rings (SSSR count). The number of rotatable bonds is 3. The average molecular weight is 219 g/mol. The zero-order valence-corrected chi connectivity index (χ0v) is 8.92. The van der Waals surface area contributed by atoms with Crippen molar-refractivity contribution < 1.29 is 9.63 Å². The van der Waals surface area contributed by atoms with Gasteiger partial charge in [-0.2, -0.15) is 4.98 Å². The Kier molecular flexibility index (Phi) is 2.87. The summed E-state index contributed by atoms with van der Waals surface area (Å²) in [6.45, 7) is 1.80. The van der Waals surface area contributed by atoms with Gasteiger partial charge in [0.05, 0.1) is 12.5 Å². The minimum absolute atomic E-state index is 0.225. The molecule has 5 heteroatoms. The smallest absolute Gasteiger partial charge is 0.231 e. The highest BCUT2D eigenvalue weighted by Crippen LogP contribution is 2.13. The number of hydrogen-bond donors (Lipinski definition) is 2. The van der Waals surface area contributed by atoms with Gasteiger partial charge in [-0.1, -0.05) is 17.3 Å². The molecule has 0 bridgehead atoms. The number of phenols is 1. The van der Waals surface area contributed by atoms with Crippen molar-refractivity contribution in [2.75, 3.05) is 0 Å². The Hall–Kier alpha value is -1.88. The van der Waals surface area contributed by atoms with E-state index in [2.05, 4.69) is 10.1 Å². The molecule has 1 atom stereocenters. The van der Waals surface area contributed by atoms with Crippen molar-refractivity contribution in [3.8, 4) is 5.75 Å². The highest BCUT2D eigenvalue weighted by atomic mass is 16.5. The van der Waals surface area contributed by atoms with Gasteiger partial charge >= 0.3 is 0 Å². The van der Waals surface area contributed by atoms with Crippen LogP contribution in [0.1, 0.15) is 30.2 Å². The second-order valence-electron chi connectivity index (χ2n) is 3.68. The second-order valence-corrected chi connectivity index (χ2v) is 3.68. The Morgan fingerprint density at radius 2 is 2.06 bits per heavy atom. The van der Waals surface area contributed by atoms with Crippen molar-refractivity contribution in [3.63, 3.8) is 0 Å². The van der Waals surface area contributed by atoms with Crippen LogP contribution in [-0.4, -0.2) is 15.2 Å². The maximum absolute atomic E-state index is 9.13. The third-order valence-electron chi connectivity index (χ3n) is 2.18. The molecule has 0 aliphatic carbocycles. The van der Waals surface area contributed by atoms with Gasteiger partial charge in [0.15, 0.2) is 5.82 Å². The Morgan fingerprint density at radius 1 is 1.38 bits per heavy atom. The summed E-state index contributed by atoms with van der Waals surface area (Å²) >= 11 is 0. The van der Waals surface area contributed by atoms with Gasteiger partial charge in [0, 0.05) is 0 Å². The lowest BCUT2D eigenvalue weighted by Crippen LogP contribution is -2.06. The van der Waals surface area contributed by atoms with E-state index in [1.54, 1.807) is 19.1 Å². The summed E-state index contributed by atoms with van der Waals surface area (Å²) in [5.74, 6) is 1.28. The fraction of sp³-hybridized carbons (Fsp3) is 0.273. The van der Waals surface area contributed by atoms with Gasteiger partial charge in [0.25, 0.3) is 0 Å². The van der Waals surface area contributed by atoms with Gasteiger partial charge in [0.1, 0.15) is 5.75 Å². The quantitative estimate of drug-likeness (QED) is 0.814. The third kappa shape index (κ3) is 2.38. The lowest BCUT2D eigenvalue weighted by Gasteiger charge is -1.96. The molecule has 0 saturated heterocycles. The van der Waals surface area contributed by atoms with E-state index in [0.29, 0.717) is 18.1 Å². The summed E-state index contributed by atoms with van der Waals surface area (Å²) in [5, 5.41) is 12.9. The van der Waals surface area contributed by atoms with Gasteiger partial charge in [-0.3, -0.25) is 0 Å². The largest absolute Gasteiger partial charge is 0.508 e. The van der Waals surface area contributed by atoms with Crippen LogP contribution >= 0.6 is 0 Å². The molecule has 1 aromatic carbocycles. The molecule has 0 fully saturated rings. The number of benzene rings is 1. The van der Waals surface area contributed by atoms with Crippen molar-refractivity contribution in [1.29, 1.82) is 0 Å². The predicted molar refractivity (Wildman–Crippen MR) is 57.8 cm³/mol. The van der Waals surface area contributed by atoms with Crippen molar-refractivity contribution in [2.24, 2.45) is 5.73 Å². The predicted octanol–water partition coefficient (Wildman–Crippen LogP) is 1.39. The SMILES string of the molecule is CC(N)c1noc(Cc2ccc(O)cc2)n1. The van der Waals surface area contributed by atoms with Crippen LogP contribution in [-0.2, 0) is 6.42 Å². The van der Waals surface area contributed by atoms with E-state index >= 15 is 0 Å². The van der Waals surface area contributed by atoms with E-state index < -0.39 is 0 Å². The van der Waals surface area contributed by atoms with Gasteiger partial charge in [-0.05, 0) is 24.6 Å². The molecule has 0 aliphatic rings. The summed E-state index contributed by atoms with van der Waals surface area (Å²) in [6.07, 6.45) is 0.542. The van der Waals surface area contributed by atoms with Gasteiger partial charge < -0.3 is 15.4 Å². The maximum Gasteiger partial charge on any atom is 0.231 e. The lowest BCUT2D eigenvalue weighted by molar-refractivity contribution is 0.377. The molecule has 0 amide bonds. The zero-order valence-electron chi connectivity index (χ0n) is 8.92. The molecule has 0 aliphatic heterocycles. The molecule has 0 spiro atoms. The minimum atomic E-state index is -0.225. The Balaban J connectivity index is 2.11. The number of aromatic hydroxyl groups is 1. The first kappa shape index (κ1) is 10.6. The van der Waals surface area contributed by atoms with Crippen molar-refractivity contribution >= 4 is 0 Å². The van der Waals surface area contributed by atoms with Crippen molar-refractivity contribution in [2.45, 2.75) is 19.4 Å². The van der Waals surface area contributed by atoms with Crippen LogP contribution in [0.25, 0.3) is 0 Å². The molecule has 2 aromatic rings. The standard InChI is InChI=1S/C11H13N3O2/c1-7(12)11-13-10(16-14-11)6-8-2-4-9(15)5-3-8/h2-5,7,15H,6,12H2,1H3. The monoisotopic (exact) mass is 219 g/mol. The summed E-state index contributed by atoms with van der Waals surface area (Å²) in [7, 11) is 0. The first-order valence-electron chi connectivity index (χ1n) is 5.01. The fourth-order valence-electron chi connectivity index (χ4n) is 1.31. The fourth-order valence-corrected chi connectivity index (χ4v) is 1.31. The third-order valence-corrected chi connectivity index (χ3v) is 2.18. The lowest BCUT2D eigenvalue weighted by atomic mass is 10.1. The Bertz CT molecular complexity index is 462. The van der Waals surface area contributed by atoms with Crippen LogP contribution in [0, 0.1) is 0 Å². The average Bonchev–Trinajstić information content (AvgIpc) is 2.70. The molecular formula is C11H13N3O2. The van der Waals surface area contributed by atoms with Crippen LogP contribution in [0.15, 0.2) is 28.8 Å². The number of hydrogen-bond acceptors (Lipinski definition) is 5. The topological polar surface area (TPSA) is 85.2 Å². The molecular weight excluding hydrogens is 206 g/mol.